The van der Waals surface area contributed by atoms with Gasteiger partial charge in [-0.05, 0) is 48.2 Å². The molecule has 1 fully saturated rings. The molecule has 0 N–H and O–H groups in total. The number of aliphatic imine (C=N–C) groups is 1. The Morgan fingerprint density at radius 1 is 1.08 bits per heavy atom. The average molecular weight is 363 g/mol. The molecule has 24 heavy (non-hydrogen) atoms. The number of hydrogen-bond donors (Lipinski definition) is 0. The summed E-state index contributed by atoms with van der Waals surface area (Å²) in [5.41, 5.74) is 4.22. The average Bonchev–Trinajstić information content (AvgIpc) is 2.59. The minimum Gasteiger partial charge on any atom is -0.378 e. The molecule has 0 spiro atoms. The van der Waals surface area contributed by atoms with E-state index in [2.05, 4.69) is 16.8 Å². The van der Waals surface area contributed by atoms with Gasteiger partial charge in [-0.1, -0.05) is 41.4 Å². The van der Waals surface area contributed by atoms with Gasteiger partial charge in [0.25, 0.3) is 0 Å². The first-order valence-corrected chi connectivity index (χ1v) is 8.77. The van der Waals surface area contributed by atoms with Gasteiger partial charge in [0.05, 0.1) is 30.3 Å². The monoisotopic (exact) mass is 362 g/mol. The van der Waals surface area contributed by atoms with Crippen LogP contribution in [0, 0.1) is 6.92 Å². The molecule has 2 aromatic carbocycles. The number of nitrogens with zero attached hydrogens (tertiary/aromatic N) is 2. The maximum absolute atomic E-state index is 6.44. The zero-order valence-electron chi connectivity index (χ0n) is 13.6. The van der Waals surface area contributed by atoms with Crippen molar-refractivity contribution in [3.63, 3.8) is 0 Å². The minimum absolute atomic E-state index is 0.659. The smallest absolute Gasteiger partial charge is 0.0914 e. The Balaban J connectivity index is 1.78. The minimum atomic E-state index is 0.659. The van der Waals surface area contributed by atoms with E-state index in [0.29, 0.717) is 5.02 Å². The summed E-state index contributed by atoms with van der Waals surface area (Å²) in [6, 6.07) is 11.9. The molecule has 0 aromatic heterocycles. The first kappa shape index (κ1) is 17.3. The molecular formula is C19H20Cl2N2O. The summed E-state index contributed by atoms with van der Waals surface area (Å²) >= 11 is 12.7. The third kappa shape index (κ3) is 4.29. The molecule has 0 unspecified atom stereocenters. The third-order valence-electron chi connectivity index (χ3n) is 4.15. The van der Waals surface area contributed by atoms with E-state index >= 15 is 0 Å². The van der Waals surface area contributed by atoms with Crippen LogP contribution in [0.5, 0.6) is 0 Å². The zero-order chi connectivity index (χ0) is 16.9. The highest BCUT2D eigenvalue weighted by Crippen LogP contribution is 2.30. The summed E-state index contributed by atoms with van der Waals surface area (Å²) in [6.07, 6.45) is 2.62. The fourth-order valence-electron chi connectivity index (χ4n) is 2.68. The highest BCUT2D eigenvalue weighted by molar-refractivity contribution is 6.33. The summed E-state index contributed by atoms with van der Waals surface area (Å²) in [5.74, 6) is 0. The third-order valence-corrected chi connectivity index (χ3v) is 4.82. The number of hydrogen-bond acceptors (Lipinski definition) is 2. The molecule has 5 heteroatoms. The highest BCUT2D eigenvalue weighted by atomic mass is 35.5. The Labute approximate surface area is 152 Å². The Hall–Kier alpha value is -1.55. The fraction of sp³-hybridized carbons (Fsp3) is 0.316. The van der Waals surface area contributed by atoms with E-state index in [4.69, 9.17) is 27.9 Å². The predicted octanol–water partition coefficient (Wildman–Crippen LogP) is 4.88. The van der Waals surface area contributed by atoms with E-state index in [1.54, 1.807) is 0 Å². The van der Waals surface area contributed by atoms with Gasteiger partial charge in [-0.3, -0.25) is 0 Å². The van der Waals surface area contributed by atoms with Crippen molar-refractivity contribution in [2.45, 2.75) is 13.3 Å². The lowest BCUT2D eigenvalue weighted by molar-refractivity contribution is 0.0701. The molecule has 0 bridgehead atoms. The lowest BCUT2D eigenvalue weighted by atomic mass is 10.00. The van der Waals surface area contributed by atoms with Gasteiger partial charge in [0, 0.05) is 18.1 Å². The topological polar surface area (TPSA) is 24.8 Å². The number of ether oxygens (including phenoxy) is 1. The van der Waals surface area contributed by atoms with Gasteiger partial charge in [-0.15, -0.1) is 0 Å². The van der Waals surface area contributed by atoms with Crippen LogP contribution < -0.4 is 0 Å². The van der Waals surface area contributed by atoms with Gasteiger partial charge in [-0.2, -0.15) is 0 Å². The van der Waals surface area contributed by atoms with Crippen LogP contribution in [0.4, 0.5) is 5.69 Å². The summed E-state index contributed by atoms with van der Waals surface area (Å²) in [7, 11) is 0. The molecule has 0 atom stereocenters. The number of aryl methyl sites for hydroxylation is 1. The van der Waals surface area contributed by atoms with Gasteiger partial charge < -0.3 is 9.64 Å². The summed E-state index contributed by atoms with van der Waals surface area (Å²) in [6.45, 7) is 5.30. The normalized spacial score (nSPS) is 15.2. The number of rotatable bonds is 4. The molecule has 0 aliphatic carbocycles. The van der Waals surface area contributed by atoms with Crippen molar-refractivity contribution in [3.8, 4) is 0 Å². The molecule has 1 heterocycles. The second-order valence-corrected chi connectivity index (χ2v) is 6.71. The molecule has 1 saturated heterocycles. The van der Waals surface area contributed by atoms with Gasteiger partial charge in [0.2, 0.25) is 0 Å². The quantitative estimate of drug-likeness (QED) is 0.571. The maximum atomic E-state index is 6.44. The van der Waals surface area contributed by atoms with Crippen LogP contribution in [0.15, 0.2) is 41.4 Å². The van der Waals surface area contributed by atoms with E-state index in [-0.39, 0.29) is 0 Å². The summed E-state index contributed by atoms with van der Waals surface area (Å²) < 4.78 is 5.34. The molecule has 2 aromatic rings. The molecule has 0 radical (unpaired) electrons. The Bertz CT molecular complexity index is 740. The molecule has 1 aliphatic rings. The van der Waals surface area contributed by atoms with Crippen molar-refractivity contribution in [1.82, 2.24) is 4.90 Å². The van der Waals surface area contributed by atoms with Crippen LogP contribution in [0.3, 0.4) is 0 Å². The Morgan fingerprint density at radius 3 is 2.58 bits per heavy atom. The number of halogens is 2. The van der Waals surface area contributed by atoms with Crippen molar-refractivity contribution < 1.29 is 4.74 Å². The van der Waals surface area contributed by atoms with Crippen molar-refractivity contribution in [1.29, 1.82) is 0 Å². The van der Waals surface area contributed by atoms with Crippen molar-refractivity contribution in [3.05, 3.63) is 63.1 Å². The standard InChI is InChI=1S/C19H20Cl2N2O/c1-14-10-19(22-13-23-6-8-24-9-7-23)18(21)12-16(14)11-15-4-2-3-5-17(15)20/h2-5,10,12-13H,6-9,11H2,1H3. The SMILES string of the molecule is Cc1cc(N=CN2CCOCC2)c(Cl)cc1Cc1ccccc1Cl. The van der Waals surface area contributed by atoms with Crippen LogP contribution in [0.25, 0.3) is 0 Å². The van der Waals surface area contributed by atoms with Gasteiger partial charge in [-0.25, -0.2) is 4.99 Å². The van der Waals surface area contributed by atoms with Crippen molar-refractivity contribution in [2.24, 2.45) is 4.99 Å². The molecule has 0 saturated carbocycles. The molecule has 3 rings (SSSR count). The van der Waals surface area contributed by atoms with E-state index in [1.165, 1.54) is 5.56 Å². The predicted molar refractivity (Wildman–Crippen MR) is 101 cm³/mol. The van der Waals surface area contributed by atoms with Gasteiger partial charge in [0.15, 0.2) is 0 Å². The number of benzene rings is 2. The first-order chi connectivity index (χ1) is 11.6. The van der Waals surface area contributed by atoms with E-state index < -0.39 is 0 Å². The maximum Gasteiger partial charge on any atom is 0.0914 e. The zero-order valence-corrected chi connectivity index (χ0v) is 15.1. The van der Waals surface area contributed by atoms with Crippen LogP contribution >= 0.6 is 23.2 Å². The Morgan fingerprint density at radius 2 is 1.83 bits per heavy atom. The molecule has 126 valence electrons. The van der Waals surface area contributed by atoms with Crippen molar-refractivity contribution in [2.75, 3.05) is 26.3 Å². The number of morpholine rings is 1. The molecular weight excluding hydrogens is 343 g/mol. The lowest BCUT2D eigenvalue weighted by Crippen LogP contribution is -2.34. The molecule has 0 amide bonds. The molecule has 1 aliphatic heterocycles. The van der Waals surface area contributed by atoms with Crippen LogP contribution in [0.1, 0.15) is 16.7 Å². The van der Waals surface area contributed by atoms with Crippen LogP contribution in [-0.4, -0.2) is 37.5 Å². The van der Waals surface area contributed by atoms with E-state index in [0.717, 1.165) is 54.6 Å². The lowest BCUT2D eigenvalue weighted by Gasteiger charge is -2.24. The highest BCUT2D eigenvalue weighted by Gasteiger charge is 2.09. The Kier molecular flexibility index (Phi) is 5.77. The van der Waals surface area contributed by atoms with Gasteiger partial charge >= 0.3 is 0 Å². The first-order valence-electron chi connectivity index (χ1n) is 8.02. The van der Waals surface area contributed by atoms with E-state index in [9.17, 15) is 0 Å². The van der Waals surface area contributed by atoms with Gasteiger partial charge in [0.1, 0.15) is 0 Å². The van der Waals surface area contributed by atoms with E-state index in [1.807, 2.05) is 42.7 Å². The second kappa shape index (κ2) is 8.02. The molecule has 3 nitrogen and oxygen atoms in total. The van der Waals surface area contributed by atoms with Crippen molar-refractivity contribution >= 4 is 35.2 Å². The van der Waals surface area contributed by atoms with Crippen LogP contribution in [-0.2, 0) is 11.2 Å². The van der Waals surface area contributed by atoms with Crippen LogP contribution in [0.2, 0.25) is 10.0 Å². The largest absolute Gasteiger partial charge is 0.378 e. The summed E-state index contributed by atoms with van der Waals surface area (Å²) in [4.78, 5) is 6.69. The summed E-state index contributed by atoms with van der Waals surface area (Å²) in [5, 5.41) is 1.44. The fourth-order valence-corrected chi connectivity index (χ4v) is 3.12. The second-order valence-electron chi connectivity index (χ2n) is 5.89.